The monoisotopic (exact) mass is 301 g/mol. The summed E-state index contributed by atoms with van der Waals surface area (Å²) in [5.41, 5.74) is 0.152. The summed E-state index contributed by atoms with van der Waals surface area (Å²) in [6.07, 6.45) is 4.31. The molecule has 1 N–H and O–H groups in total. The first kappa shape index (κ1) is 13.9. The normalized spacial score (nSPS) is 14.7. The maximum atomic E-state index is 3.97. The van der Waals surface area contributed by atoms with Crippen LogP contribution in [0.1, 0.15) is 25.1 Å². The van der Waals surface area contributed by atoms with E-state index in [0.717, 1.165) is 19.5 Å². The first-order chi connectivity index (χ1) is 7.59. The van der Waals surface area contributed by atoms with Crippen molar-refractivity contribution in [2.75, 3.05) is 13.1 Å². The average molecular weight is 302 g/mol. The molecule has 0 aromatic carbocycles. The Morgan fingerprint density at radius 3 is 2.81 bits per heavy atom. The molecule has 0 amide bonds. The van der Waals surface area contributed by atoms with E-state index >= 15 is 0 Å². The van der Waals surface area contributed by atoms with Gasteiger partial charge in [-0.2, -0.15) is 0 Å². The van der Waals surface area contributed by atoms with Crippen LogP contribution in [-0.2, 0) is 6.42 Å². The van der Waals surface area contributed by atoms with Crippen molar-refractivity contribution < 1.29 is 0 Å². The van der Waals surface area contributed by atoms with Gasteiger partial charge in [0.15, 0.2) is 0 Å². The third-order valence-corrected chi connectivity index (χ3v) is 4.28. The van der Waals surface area contributed by atoms with Gasteiger partial charge in [-0.1, -0.05) is 19.9 Å². The summed E-state index contributed by atoms with van der Waals surface area (Å²) in [5, 5.41) is 3.48. The lowest BCUT2D eigenvalue weighted by Crippen LogP contribution is -2.32. The van der Waals surface area contributed by atoms with Gasteiger partial charge in [0.25, 0.3) is 0 Å². The van der Waals surface area contributed by atoms with Crippen LogP contribution < -0.4 is 5.32 Å². The predicted octanol–water partition coefficient (Wildman–Crippen LogP) is 4.25. The quantitative estimate of drug-likeness (QED) is 0.586. The SMILES string of the molecule is C=CC(C)(CNCCC)Cc1ccc(Br)s1. The Labute approximate surface area is 111 Å². The second kappa shape index (κ2) is 6.58. The molecule has 0 saturated heterocycles. The van der Waals surface area contributed by atoms with E-state index in [-0.39, 0.29) is 5.41 Å². The molecule has 1 rings (SSSR count). The molecule has 0 radical (unpaired) electrons. The molecule has 1 aromatic heterocycles. The van der Waals surface area contributed by atoms with Crippen molar-refractivity contribution in [3.8, 4) is 0 Å². The van der Waals surface area contributed by atoms with Crippen molar-refractivity contribution in [2.45, 2.75) is 26.7 Å². The fourth-order valence-corrected chi connectivity index (χ4v) is 3.28. The number of nitrogens with one attached hydrogen (secondary N) is 1. The van der Waals surface area contributed by atoms with Gasteiger partial charge in [-0.05, 0) is 47.4 Å². The van der Waals surface area contributed by atoms with Crippen LogP contribution in [-0.4, -0.2) is 13.1 Å². The minimum Gasteiger partial charge on any atom is -0.316 e. The minimum atomic E-state index is 0.152. The fraction of sp³-hybridized carbons (Fsp3) is 0.538. The molecule has 0 saturated carbocycles. The molecule has 0 spiro atoms. The van der Waals surface area contributed by atoms with Crippen molar-refractivity contribution in [3.63, 3.8) is 0 Å². The Hall–Kier alpha value is -0.120. The van der Waals surface area contributed by atoms with Gasteiger partial charge in [0.1, 0.15) is 0 Å². The van der Waals surface area contributed by atoms with E-state index in [1.807, 2.05) is 11.3 Å². The molecule has 16 heavy (non-hydrogen) atoms. The third-order valence-electron chi connectivity index (χ3n) is 2.66. The van der Waals surface area contributed by atoms with Crippen LogP contribution in [0.3, 0.4) is 0 Å². The van der Waals surface area contributed by atoms with E-state index < -0.39 is 0 Å². The number of thiophene rings is 1. The third kappa shape index (κ3) is 4.40. The van der Waals surface area contributed by atoms with Gasteiger partial charge in [0, 0.05) is 16.8 Å². The maximum Gasteiger partial charge on any atom is 0.0701 e. The largest absolute Gasteiger partial charge is 0.316 e. The minimum absolute atomic E-state index is 0.152. The smallest absolute Gasteiger partial charge is 0.0701 e. The van der Waals surface area contributed by atoms with Crippen LogP contribution in [0, 0.1) is 5.41 Å². The molecule has 1 unspecified atom stereocenters. The van der Waals surface area contributed by atoms with Crippen LogP contribution in [0.5, 0.6) is 0 Å². The zero-order chi connectivity index (χ0) is 12.0. The summed E-state index contributed by atoms with van der Waals surface area (Å²) in [6.45, 7) is 10.5. The van der Waals surface area contributed by atoms with E-state index in [9.17, 15) is 0 Å². The summed E-state index contributed by atoms with van der Waals surface area (Å²) in [5.74, 6) is 0. The molecular weight excluding hydrogens is 282 g/mol. The van der Waals surface area contributed by atoms with Crippen molar-refractivity contribution in [3.05, 3.63) is 33.5 Å². The molecular formula is C13H20BrNS. The van der Waals surface area contributed by atoms with Gasteiger partial charge in [-0.3, -0.25) is 0 Å². The van der Waals surface area contributed by atoms with Gasteiger partial charge >= 0.3 is 0 Å². The summed E-state index contributed by atoms with van der Waals surface area (Å²) >= 11 is 5.31. The highest BCUT2D eigenvalue weighted by Crippen LogP contribution is 2.29. The zero-order valence-electron chi connectivity index (χ0n) is 10.1. The standard InChI is InChI=1S/C13H20BrNS/c1-4-8-15-10-13(3,5-2)9-11-6-7-12(14)16-11/h5-7,15H,2,4,8-10H2,1,3H3. The first-order valence-corrected chi connectivity index (χ1v) is 7.29. The van der Waals surface area contributed by atoms with E-state index in [4.69, 9.17) is 0 Å². The second-order valence-electron chi connectivity index (χ2n) is 4.42. The van der Waals surface area contributed by atoms with Crippen LogP contribution in [0.4, 0.5) is 0 Å². The molecule has 1 heterocycles. The lowest BCUT2D eigenvalue weighted by Gasteiger charge is -2.25. The van der Waals surface area contributed by atoms with Gasteiger partial charge < -0.3 is 5.32 Å². The number of halogens is 1. The average Bonchev–Trinajstić information content (AvgIpc) is 2.64. The van der Waals surface area contributed by atoms with Gasteiger partial charge in [-0.25, -0.2) is 0 Å². The molecule has 0 aliphatic rings. The van der Waals surface area contributed by atoms with Crippen LogP contribution >= 0.6 is 27.3 Å². The van der Waals surface area contributed by atoms with E-state index in [1.54, 1.807) is 0 Å². The molecule has 0 aliphatic carbocycles. The molecule has 1 nitrogen and oxygen atoms in total. The number of hydrogen-bond acceptors (Lipinski definition) is 2. The van der Waals surface area contributed by atoms with Crippen molar-refractivity contribution in [1.29, 1.82) is 0 Å². The molecule has 3 heteroatoms. The molecule has 90 valence electrons. The molecule has 0 fully saturated rings. The van der Waals surface area contributed by atoms with Crippen molar-refractivity contribution in [1.82, 2.24) is 5.32 Å². The Kier molecular flexibility index (Phi) is 5.73. The lowest BCUT2D eigenvalue weighted by atomic mass is 9.86. The Morgan fingerprint density at radius 2 is 2.31 bits per heavy atom. The van der Waals surface area contributed by atoms with E-state index in [1.165, 1.54) is 15.1 Å². The summed E-state index contributed by atoms with van der Waals surface area (Å²) in [4.78, 5) is 1.41. The molecule has 0 aliphatic heterocycles. The van der Waals surface area contributed by atoms with Gasteiger partial charge in [-0.15, -0.1) is 17.9 Å². The van der Waals surface area contributed by atoms with Gasteiger partial charge in [0.05, 0.1) is 3.79 Å². The Bertz CT molecular complexity index is 334. The van der Waals surface area contributed by atoms with Crippen molar-refractivity contribution >= 4 is 27.3 Å². The summed E-state index contributed by atoms with van der Waals surface area (Å²) in [7, 11) is 0. The van der Waals surface area contributed by atoms with E-state index in [0.29, 0.717) is 0 Å². The summed E-state index contributed by atoms with van der Waals surface area (Å²) < 4.78 is 1.20. The topological polar surface area (TPSA) is 12.0 Å². The Morgan fingerprint density at radius 1 is 1.56 bits per heavy atom. The highest BCUT2D eigenvalue weighted by Gasteiger charge is 2.21. The molecule has 1 atom stereocenters. The highest BCUT2D eigenvalue weighted by molar-refractivity contribution is 9.11. The predicted molar refractivity (Wildman–Crippen MR) is 77.2 cm³/mol. The van der Waals surface area contributed by atoms with Crippen LogP contribution in [0.2, 0.25) is 0 Å². The maximum absolute atomic E-state index is 3.97. The zero-order valence-corrected chi connectivity index (χ0v) is 12.5. The molecule has 0 bridgehead atoms. The van der Waals surface area contributed by atoms with Crippen molar-refractivity contribution in [2.24, 2.45) is 5.41 Å². The number of hydrogen-bond donors (Lipinski definition) is 1. The van der Waals surface area contributed by atoms with Gasteiger partial charge in [0.2, 0.25) is 0 Å². The van der Waals surface area contributed by atoms with E-state index in [2.05, 4.69) is 59.9 Å². The summed E-state index contributed by atoms with van der Waals surface area (Å²) in [6, 6.07) is 4.30. The Balaban J connectivity index is 2.55. The highest BCUT2D eigenvalue weighted by atomic mass is 79.9. The van der Waals surface area contributed by atoms with Crippen LogP contribution in [0.25, 0.3) is 0 Å². The second-order valence-corrected chi connectivity index (χ2v) is 6.97. The fourth-order valence-electron chi connectivity index (χ4n) is 1.60. The first-order valence-electron chi connectivity index (χ1n) is 5.68. The number of rotatable bonds is 7. The van der Waals surface area contributed by atoms with Crippen LogP contribution in [0.15, 0.2) is 28.6 Å². The molecule has 1 aromatic rings. The lowest BCUT2D eigenvalue weighted by molar-refractivity contribution is 0.394.